The molecule has 0 amide bonds. The molecule has 1 aromatic carbocycles. The second-order valence-electron chi connectivity index (χ2n) is 4.24. The standard InChI is InChI=1S/C14H19N3/c1-4-15-11(2)12-5-7-13(8-6-12)14-9-10-16-17(14)3/h5-11,15H,4H2,1-3H3. The normalized spacial score (nSPS) is 12.6. The lowest BCUT2D eigenvalue weighted by atomic mass is 10.0. The molecule has 0 aliphatic carbocycles. The van der Waals surface area contributed by atoms with E-state index in [1.54, 1.807) is 0 Å². The zero-order valence-corrected chi connectivity index (χ0v) is 10.6. The molecule has 0 bridgehead atoms. The van der Waals surface area contributed by atoms with E-state index >= 15 is 0 Å². The second-order valence-corrected chi connectivity index (χ2v) is 4.24. The highest BCUT2D eigenvalue weighted by molar-refractivity contribution is 5.59. The zero-order valence-electron chi connectivity index (χ0n) is 10.6. The van der Waals surface area contributed by atoms with Crippen LogP contribution in [-0.2, 0) is 7.05 Å². The average Bonchev–Trinajstić information content (AvgIpc) is 2.76. The first kappa shape index (κ1) is 11.9. The van der Waals surface area contributed by atoms with Crippen molar-refractivity contribution in [2.45, 2.75) is 19.9 Å². The molecule has 1 atom stereocenters. The molecule has 2 rings (SSSR count). The maximum Gasteiger partial charge on any atom is 0.0678 e. The molecule has 1 unspecified atom stereocenters. The van der Waals surface area contributed by atoms with Crippen molar-refractivity contribution in [2.75, 3.05) is 6.54 Å². The lowest BCUT2D eigenvalue weighted by molar-refractivity contribution is 0.598. The third-order valence-electron chi connectivity index (χ3n) is 3.04. The van der Waals surface area contributed by atoms with Gasteiger partial charge in [-0.2, -0.15) is 5.10 Å². The van der Waals surface area contributed by atoms with E-state index in [2.05, 4.69) is 48.5 Å². The van der Waals surface area contributed by atoms with Crippen molar-refractivity contribution in [1.82, 2.24) is 15.1 Å². The number of benzene rings is 1. The van der Waals surface area contributed by atoms with E-state index in [4.69, 9.17) is 0 Å². The Balaban J connectivity index is 2.21. The Morgan fingerprint density at radius 1 is 1.24 bits per heavy atom. The predicted octanol–water partition coefficient (Wildman–Crippen LogP) is 2.76. The topological polar surface area (TPSA) is 29.9 Å². The smallest absolute Gasteiger partial charge is 0.0678 e. The van der Waals surface area contributed by atoms with E-state index in [0.717, 1.165) is 12.2 Å². The Morgan fingerprint density at radius 2 is 1.94 bits per heavy atom. The van der Waals surface area contributed by atoms with Crippen LogP contribution in [0.15, 0.2) is 36.5 Å². The summed E-state index contributed by atoms with van der Waals surface area (Å²) < 4.78 is 1.89. The fraction of sp³-hybridized carbons (Fsp3) is 0.357. The van der Waals surface area contributed by atoms with Gasteiger partial charge in [0.25, 0.3) is 0 Å². The van der Waals surface area contributed by atoms with Crippen LogP contribution in [0.4, 0.5) is 0 Å². The first-order valence-electron chi connectivity index (χ1n) is 6.04. The highest BCUT2D eigenvalue weighted by Gasteiger charge is 2.05. The van der Waals surface area contributed by atoms with Crippen LogP contribution in [-0.4, -0.2) is 16.3 Å². The molecule has 1 N–H and O–H groups in total. The molecule has 0 fully saturated rings. The van der Waals surface area contributed by atoms with Crippen molar-refractivity contribution in [3.8, 4) is 11.3 Å². The number of rotatable bonds is 4. The van der Waals surface area contributed by atoms with Crippen molar-refractivity contribution in [2.24, 2.45) is 7.05 Å². The van der Waals surface area contributed by atoms with Crippen LogP contribution in [0.1, 0.15) is 25.5 Å². The Bertz CT molecular complexity index is 470. The minimum absolute atomic E-state index is 0.403. The van der Waals surface area contributed by atoms with Crippen LogP contribution in [0.25, 0.3) is 11.3 Å². The highest BCUT2D eigenvalue weighted by atomic mass is 15.2. The van der Waals surface area contributed by atoms with Gasteiger partial charge in [-0.05, 0) is 30.7 Å². The lowest BCUT2D eigenvalue weighted by Crippen LogP contribution is -2.17. The van der Waals surface area contributed by atoms with Crippen LogP contribution in [0.2, 0.25) is 0 Å². The number of hydrogen-bond acceptors (Lipinski definition) is 2. The molecule has 3 heteroatoms. The molecule has 0 spiro atoms. The quantitative estimate of drug-likeness (QED) is 0.873. The molecule has 0 aliphatic heterocycles. The minimum Gasteiger partial charge on any atom is -0.310 e. The largest absolute Gasteiger partial charge is 0.310 e. The third kappa shape index (κ3) is 2.56. The molecule has 90 valence electrons. The van der Waals surface area contributed by atoms with Gasteiger partial charge in [0.05, 0.1) is 5.69 Å². The summed E-state index contributed by atoms with van der Waals surface area (Å²) in [6.45, 7) is 5.30. The van der Waals surface area contributed by atoms with Crippen LogP contribution < -0.4 is 5.32 Å². The molecule has 2 aromatic rings. The van der Waals surface area contributed by atoms with Gasteiger partial charge in [0.1, 0.15) is 0 Å². The van der Waals surface area contributed by atoms with Gasteiger partial charge in [-0.15, -0.1) is 0 Å². The number of aromatic nitrogens is 2. The Hall–Kier alpha value is -1.61. The van der Waals surface area contributed by atoms with Crippen LogP contribution in [0.3, 0.4) is 0 Å². The number of nitrogens with zero attached hydrogens (tertiary/aromatic N) is 2. The van der Waals surface area contributed by atoms with Crippen molar-refractivity contribution in [3.05, 3.63) is 42.1 Å². The summed E-state index contributed by atoms with van der Waals surface area (Å²) in [5.41, 5.74) is 3.67. The minimum atomic E-state index is 0.403. The van der Waals surface area contributed by atoms with Crippen LogP contribution in [0.5, 0.6) is 0 Å². The van der Waals surface area contributed by atoms with Crippen LogP contribution in [0, 0.1) is 0 Å². The fourth-order valence-corrected chi connectivity index (χ4v) is 2.02. The number of nitrogens with one attached hydrogen (secondary N) is 1. The third-order valence-corrected chi connectivity index (χ3v) is 3.04. The summed E-state index contributed by atoms with van der Waals surface area (Å²) in [6, 6.07) is 11.1. The second kappa shape index (κ2) is 5.15. The summed E-state index contributed by atoms with van der Waals surface area (Å²) in [6.07, 6.45) is 1.82. The van der Waals surface area contributed by atoms with Gasteiger partial charge in [-0.3, -0.25) is 4.68 Å². The Morgan fingerprint density at radius 3 is 2.47 bits per heavy atom. The number of hydrogen-bond donors (Lipinski definition) is 1. The van der Waals surface area contributed by atoms with Gasteiger partial charge in [0.2, 0.25) is 0 Å². The van der Waals surface area contributed by atoms with E-state index in [1.165, 1.54) is 11.1 Å². The van der Waals surface area contributed by atoms with Crippen molar-refractivity contribution in [3.63, 3.8) is 0 Å². The van der Waals surface area contributed by atoms with Gasteiger partial charge >= 0.3 is 0 Å². The molecule has 17 heavy (non-hydrogen) atoms. The summed E-state index contributed by atoms with van der Waals surface area (Å²) in [4.78, 5) is 0. The highest BCUT2D eigenvalue weighted by Crippen LogP contribution is 2.21. The van der Waals surface area contributed by atoms with Crippen LogP contribution >= 0.6 is 0 Å². The molecule has 0 radical (unpaired) electrons. The summed E-state index contributed by atoms with van der Waals surface area (Å²) in [5, 5.41) is 7.59. The van der Waals surface area contributed by atoms with E-state index in [0.29, 0.717) is 6.04 Å². The first-order valence-corrected chi connectivity index (χ1v) is 6.04. The van der Waals surface area contributed by atoms with Gasteiger partial charge in [-0.1, -0.05) is 31.2 Å². The molecule has 0 saturated carbocycles. The van der Waals surface area contributed by atoms with Crippen molar-refractivity contribution >= 4 is 0 Å². The lowest BCUT2D eigenvalue weighted by Gasteiger charge is -2.13. The van der Waals surface area contributed by atoms with Gasteiger partial charge in [-0.25, -0.2) is 0 Å². The van der Waals surface area contributed by atoms with Crippen molar-refractivity contribution in [1.29, 1.82) is 0 Å². The molecule has 0 aliphatic rings. The Labute approximate surface area is 102 Å². The maximum atomic E-state index is 4.18. The van der Waals surface area contributed by atoms with Crippen molar-refractivity contribution < 1.29 is 0 Å². The zero-order chi connectivity index (χ0) is 12.3. The monoisotopic (exact) mass is 229 g/mol. The molecule has 1 heterocycles. The summed E-state index contributed by atoms with van der Waals surface area (Å²) in [7, 11) is 1.96. The van der Waals surface area contributed by atoms with Gasteiger partial charge < -0.3 is 5.32 Å². The van der Waals surface area contributed by atoms with E-state index in [-0.39, 0.29) is 0 Å². The SMILES string of the molecule is CCNC(C)c1ccc(-c2ccnn2C)cc1. The van der Waals surface area contributed by atoms with E-state index in [9.17, 15) is 0 Å². The van der Waals surface area contributed by atoms with Gasteiger partial charge in [0, 0.05) is 19.3 Å². The first-order chi connectivity index (χ1) is 8.22. The molecule has 0 saturated heterocycles. The van der Waals surface area contributed by atoms with Gasteiger partial charge in [0.15, 0.2) is 0 Å². The summed E-state index contributed by atoms with van der Waals surface area (Å²) in [5.74, 6) is 0. The molecule has 1 aromatic heterocycles. The molecular weight excluding hydrogens is 210 g/mol. The number of aryl methyl sites for hydroxylation is 1. The van der Waals surface area contributed by atoms with E-state index < -0.39 is 0 Å². The summed E-state index contributed by atoms with van der Waals surface area (Å²) >= 11 is 0. The maximum absolute atomic E-state index is 4.18. The molecule has 3 nitrogen and oxygen atoms in total. The fourth-order valence-electron chi connectivity index (χ4n) is 2.02. The predicted molar refractivity (Wildman–Crippen MR) is 70.7 cm³/mol. The molecular formula is C14H19N3. The average molecular weight is 229 g/mol. The Kier molecular flexibility index (Phi) is 3.59. The van der Waals surface area contributed by atoms with E-state index in [1.807, 2.05) is 24.0 Å².